The first-order chi connectivity index (χ1) is 19.9. The first kappa shape index (κ1) is 25.9. The Morgan fingerprint density at radius 3 is 2.49 bits per heavy atom. The van der Waals surface area contributed by atoms with Crippen molar-refractivity contribution in [2.45, 2.75) is 50.5 Å². The summed E-state index contributed by atoms with van der Waals surface area (Å²) in [6, 6.07) is 21.1. The van der Waals surface area contributed by atoms with E-state index in [0.717, 1.165) is 41.8 Å². The number of piperidine rings is 1. The molecule has 1 N–H and O–H groups in total. The van der Waals surface area contributed by atoms with Crippen LogP contribution in [0.4, 0.5) is 0 Å². The van der Waals surface area contributed by atoms with E-state index in [9.17, 15) is 19.2 Å². The Bertz CT molecular complexity index is 1590. The third-order valence-electron chi connectivity index (χ3n) is 8.90. The molecule has 8 nitrogen and oxygen atoms in total. The molecule has 0 saturated carbocycles. The summed E-state index contributed by atoms with van der Waals surface area (Å²) in [6.07, 6.45) is 1.54. The summed E-state index contributed by atoms with van der Waals surface area (Å²) in [5.74, 6) is -0.782. The van der Waals surface area contributed by atoms with E-state index in [4.69, 9.17) is 11.6 Å². The van der Waals surface area contributed by atoms with Gasteiger partial charge >= 0.3 is 0 Å². The number of halogens is 1. The predicted molar refractivity (Wildman–Crippen MR) is 153 cm³/mol. The minimum atomic E-state index is -0.612. The second kappa shape index (κ2) is 10.1. The van der Waals surface area contributed by atoms with Gasteiger partial charge in [0, 0.05) is 60.8 Å². The van der Waals surface area contributed by atoms with E-state index in [-0.39, 0.29) is 36.2 Å². The average Bonchev–Trinajstić information content (AvgIpc) is 3.66. The molecule has 3 atom stereocenters. The SMILES string of the molecule is O=C1CCC(N2Cc3cc(CN4C[C@H]5C[C@@H]4CN5C(=O)c4ccccc4-c4ccc(Cl)cc4)ccc3C2=O)C(=O)N1. The quantitative estimate of drug-likeness (QED) is 0.472. The lowest BCUT2D eigenvalue weighted by Crippen LogP contribution is -2.52. The lowest BCUT2D eigenvalue weighted by molar-refractivity contribution is -0.136. The van der Waals surface area contributed by atoms with Gasteiger partial charge in [-0.1, -0.05) is 54.1 Å². The first-order valence-corrected chi connectivity index (χ1v) is 14.4. The van der Waals surface area contributed by atoms with Gasteiger partial charge < -0.3 is 9.80 Å². The molecule has 7 rings (SSSR count). The van der Waals surface area contributed by atoms with E-state index in [1.165, 1.54) is 0 Å². The van der Waals surface area contributed by atoms with Gasteiger partial charge in [-0.3, -0.25) is 29.4 Å². The van der Waals surface area contributed by atoms with E-state index >= 15 is 0 Å². The fourth-order valence-corrected chi connectivity index (χ4v) is 6.98. The monoisotopic (exact) mass is 568 g/mol. The molecule has 0 aromatic heterocycles. The van der Waals surface area contributed by atoms with Gasteiger partial charge in [-0.25, -0.2) is 0 Å². The van der Waals surface area contributed by atoms with Crippen LogP contribution in [-0.4, -0.2) is 69.5 Å². The fourth-order valence-electron chi connectivity index (χ4n) is 6.86. The summed E-state index contributed by atoms with van der Waals surface area (Å²) >= 11 is 6.08. The van der Waals surface area contributed by atoms with Crippen LogP contribution in [0.5, 0.6) is 0 Å². The van der Waals surface area contributed by atoms with Crippen LogP contribution in [-0.2, 0) is 22.7 Å². The predicted octanol–water partition coefficient (Wildman–Crippen LogP) is 3.87. The van der Waals surface area contributed by atoms with Crippen molar-refractivity contribution in [2.75, 3.05) is 13.1 Å². The van der Waals surface area contributed by atoms with Crippen LogP contribution in [0.2, 0.25) is 5.02 Å². The number of nitrogens with zero attached hydrogens (tertiary/aromatic N) is 3. The van der Waals surface area contributed by atoms with Crippen LogP contribution in [0.1, 0.15) is 51.1 Å². The number of likely N-dealkylation sites (tertiary alicyclic amines) is 2. The first-order valence-electron chi connectivity index (χ1n) is 14.0. The van der Waals surface area contributed by atoms with E-state index in [1.54, 1.807) is 4.90 Å². The smallest absolute Gasteiger partial charge is 0.255 e. The lowest BCUT2D eigenvalue weighted by Gasteiger charge is -2.34. The maximum atomic E-state index is 13.7. The molecule has 3 aromatic carbocycles. The highest BCUT2D eigenvalue weighted by Crippen LogP contribution is 2.36. The zero-order valence-electron chi connectivity index (χ0n) is 22.4. The normalized spacial score (nSPS) is 23.7. The summed E-state index contributed by atoms with van der Waals surface area (Å²) in [5, 5.41) is 3.02. The molecule has 3 saturated heterocycles. The molecule has 208 valence electrons. The topological polar surface area (TPSA) is 90.0 Å². The van der Waals surface area contributed by atoms with Crippen LogP contribution >= 0.6 is 11.6 Å². The molecule has 9 heteroatoms. The molecule has 1 unspecified atom stereocenters. The van der Waals surface area contributed by atoms with Crippen LogP contribution in [0.25, 0.3) is 11.1 Å². The highest BCUT2D eigenvalue weighted by Gasteiger charge is 2.46. The molecule has 2 bridgehead atoms. The molecule has 41 heavy (non-hydrogen) atoms. The number of benzene rings is 3. The summed E-state index contributed by atoms with van der Waals surface area (Å²) in [5.41, 5.74) is 5.23. The molecule has 0 aliphatic carbocycles. The number of piperazine rings is 1. The van der Waals surface area contributed by atoms with E-state index in [0.29, 0.717) is 35.7 Å². The van der Waals surface area contributed by atoms with Gasteiger partial charge in [-0.05, 0) is 59.4 Å². The van der Waals surface area contributed by atoms with Crippen LogP contribution in [0, 0.1) is 0 Å². The Morgan fingerprint density at radius 2 is 1.73 bits per heavy atom. The highest BCUT2D eigenvalue weighted by atomic mass is 35.5. The van der Waals surface area contributed by atoms with Crippen molar-refractivity contribution >= 4 is 35.2 Å². The summed E-state index contributed by atoms with van der Waals surface area (Å²) < 4.78 is 0. The van der Waals surface area contributed by atoms with Crippen molar-refractivity contribution in [3.05, 3.63) is 94.0 Å². The summed E-state index contributed by atoms with van der Waals surface area (Å²) in [4.78, 5) is 56.7. The Kier molecular flexibility index (Phi) is 6.40. The van der Waals surface area contributed by atoms with Gasteiger partial charge in [-0.15, -0.1) is 0 Å². The number of hydrogen-bond donors (Lipinski definition) is 1. The average molecular weight is 569 g/mol. The van der Waals surface area contributed by atoms with Crippen LogP contribution in [0.3, 0.4) is 0 Å². The summed E-state index contributed by atoms with van der Waals surface area (Å²) in [7, 11) is 0. The number of carbonyl (C=O) groups excluding carboxylic acids is 4. The number of rotatable bonds is 5. The van der Waals surface area contributed by atoms with E-state index in [2.05, 4.69) is 16.3 Å². The largest absolute Gasteiger partial charge is 0.333 e. The minimum Gasteiger partial charge on any atom is -0.333 e. The lowest BCUT2D eigenvalue weighted by atomic mass is 9.98. The van der Waals surface area contributed by atoms with Gasteiger partial charge in [0.25, 0.3) is 11.8 Å². The Morgan fingerprint density at radius 1 is 0.927 bits per heavy atom. The molecule has 4 aliphatic rings. The third kappa shape index (κ3) is 4.61. The third-order valence-corrected chi connectivity index (χ3v) is 9.15. The number of fused-ring (bicyclic) bond motifs is 3. The number of amides is 4. The van der Waals surface area contributed by atoms with Crippen molar-refractivity contribution in [3.8, 4) is 11.1 Å². The van der Waals surface area contributed by atoms with Gasteiger partial charge in [0.2, 0.25) is 11.8 Å². The highest BCUT2D eigenvalue weighted by molar-refractivity contribution is 6.30. The van der Waals surface area contributed by atoms with Gasteiger partial charge in [0.1, 0.15) is 6.04 Å². The molecule has 3 aromatic rings. The van der Waals surface area contributed by atoms with Gasteiger partial charge in [-0.2, -0.15) is 0 Å². The molecule has 4 aliphatic heterocycles. The molecular weight excluding hydrogens is 540 g/mol. The Labute approximate surface area is 242 Å². The second-order valence-corrected chi connectivity index (χ2v) is 11.8. The second-order valence-electron chi connectivity index (χ2n) is 11.4. The Hall–Kier alpha value is -4.01. The molecular formula is C32H29ClN4O4. The molecule has 4 heterocycles. The fraction of sp³-hybridized carbons (Fsp3) is 0.312. The number of nitrogens with one attached hydrogen (secondary N) is 1. The van der Waals surface area contributed by atoms with Crippen molar-refractivity contribution in [2.24, 2.45) is 0 Å². The maximum Gasteiger partial charge on any atom is 0.255 e. The van der Waals surface area contributed by atoms with Gasteiger partial charge in [0.05, 0.1) is 0 Å². The molecule has 4 amide bonds. The zero-order valence-corrected chi connectivity index (χ0v) is 23.1. The maximum absolute atomic E-state index is 13.7. The number of carbonyl (C=O) groups is 4. The van der Waals surface area contributed by atoms with Gasteiger partial charge in [0.15, 0.2) is 0 Å². The molecule has 0 radical (unpaired) electrons. The number of imide groups is 1. The Balaban J connectivity index is 1.02. The van der Waals surface area contributed by atoms with Crippen molar-refractivity contribution in [3.63, 3.8) is 0 Å². The molecule has 3 fully saturated rings. The molecule has 0 spiro atoms. The van der Waals surface area contributed by atoms with E-state index in [1.807, 2.05) is 65.6 Å². The van der Waals surface area contributed by atoms with Crippen molar-refractivity contribution in [1.82, 2.24) is 20.0 Å². The standard InChI is InChI=1S/C32H29ClN4O4/c33-22-8-6-20(7-9-22)25-3-1-2-4-27(25)32(41)36-18-23-14-24(36)17-35(23)15-19-5-10-26-21(13-19)16-37(31(26)40)28-11-12-29(38)34-30(28)39/h1-10,13,23-24,28H,11-12,14-18H2,(H,34,38,39)/t23-,24-,28?/m1/s1. The zero-order chi connectivity index (χ0) is 28.2. The van der Waals surface area contributed by atoms with Crippen LogP contribution < -0.4 is 5.32 Å². The van der Waals surface area contributed by atoms with Crippen molar-refractivity contribution in [1.29, 1.82) is 0 Å². The van der Waals surface area contributed by atoms with Crippen molar-refractivity contribution < 1.29 is 19.2 Å². The van der Waals surface area contributed by atoms with Crippen LogP contribution in [0.15, 0.2) is 66.7 Å². The van der Waals surface area contributed by atoms with E-state index < -0.39 is 11.9 Å². The summed E-state index contributed by atoms with van der Waals surface area (Å²) in [6.45, 7) is 2.60. The number of hydrogen-bond acceptors (Lipinski definition) is 5. The minimum absolute atomic E-state index is 0.0623.